The van der Waals surface area contributed by atoms with Crippen LogP contribution in [0.2, 0.25) is 0 Å². The first-order valence-electron chi connectivity index (χ1n) is 11.9. The molecule has 0 saturated carbocycles. The molecule has 0 radical (unpaired) electrons. The van der Waals surface area contributed by atoms with Crippen LogP contribution in [0.5, 0.6) is 0 Å². The van der Waals surface area contributed by atoms with E-state index in [9.17, 15) is 29.1 Å². The van der Waals surface area contributed by atoms with Gasteiger partial charge in [0.1, 0.15) is 0 Å². The number of carboxylic acids is 2. The molecule has 198 valence electrons. The highest BCUT2D eigenvalue weighted by Crippen LogP contribution is 2.22. The molecule has 37 heavy (non-hydrogen) atoms. The number of Topliss-reactive ketones (excluding diaryl/α,β-unsaturated/α-hetero) is 1. The number of carbonyl (C=O) groups is 5. The second kappa shape index (κ2) is 14.5. The zero-order valence-electron chi connectivity index (χ0n) is 20.4. The van der Waals surface area contributed by atoms with Gasteiger partial charge in [0.15, 0.2) is 5.78 Å². The number of hydrogen-bond donors (Lipinski definition) is 5. The number of rotatable bonds is 16. The van der Waals surface area contributed by atoms with Gasteiger partial charge in [-0.3, -0.25) is 24.0 Å². The second-order valence-electron chi connectivity index (χ2n) is 8.81. The van der Waals surface area contributed by atoms with E-state index in [-0.39, 0.29) is 45.1 Å². The molecule has 0 aromatic heterocycles. The molecule has 0 aliphatic carbocycles. The van der Waals surface area contributed by atoms with E-state index in [4.69, 9.17) is 15.9 Å². The van der Waals surface area contributed by atoms with Crippen LogP contribution >= 0.6 is 0 Å². The van der Waals surface area contributed by atoms with E-state index in [2.05, 4.69) is 5.32 Å². The largest absolute Gasteiger partial charge is 0.481 e. The summed E-state index contributed by atoms with van der Waals surface area (Å²) in [5.41, 5.74) is 8.88. The number of hydrogen-bond acceptors (Lipinski definition) is 6. The summed E-state index contributed by atoms with van der Waals surface area (Å²) < 4.78 is 0. The number of nitrogens with two attached hydrogens (primary N) is 1. The maximum absolute atomic E-state index is 12.8. The van der Waals surface area contributed by atoms with E-state index in [0.717, 1.165) is 22.3 Å². The van der Waals surface area contributed by atoms with Crippen LogP contribution in [-0.4, -0.2) is 50.9 Å². The number of nitrogens with one attached hydrogen (secondary N) is 1. The van der Waals surface area contributed by atoms with Gasteiger partial charge in [0.25, 0.3) is 0 Å². The van der Waals surface area contributed by atoms with Gasteiger partial charge in [-0.25, -0.2) is 0 Å². The number of ketones is 1. The summed E-state index contributed by atoms with van der Waals surface area (Å²) >= 11 is 0. The number of aliphatic hydroxyl groups is 1. The number of carbonyl (C=O) groups excluding carboxylic acids is 3. The highest BCUT2D eigenvalue weighted by Gasteiger charge is 2.27. The first kappa shape index (κ1) is 29.2. The molecule has 0 fully saturated rings. The average Bonchev–Trinajstić information content (AvgIpc) is 2.87. The molecule has 2 amide bonds. The van der Waals surface area contributed by atoms with Crippen LogP contribution in [0.25, 0.3) is 11.1 Å². The molecule has 2 atom stereocenters. The molecule has 0 heterocycles. The molecule has 6 N–H and O–H groups in total. The lowest BCUT2D eigenvalue weighted by molar-refractivity contribution is -0.139. The molecular formula is C27H32N2O8. The Balaban J connectivity index is 1.98. The van der Waals surface area contributed by atoms with Crippen molar-refractivity contribution in [3.8, 4) is 11.1 Å². The molecule has 0 unspecified atom stereocenters. The van der Waals surface area contributed by atoms with Crippen molar-refractivity contribution in [2.75, 3.05) is 0 Å². The van der Waals surface area contributed by atoms with Crippen molar-refractivity contribution < 1.29 is 39.3 Å². The first-order chi connectivity index (χ1) is 17.6. The normalized spacial score (nSPS) is 12.4. The fourth-order valence-electron chi connectivity index (χ4n) is 3.85. The minimum absolute atomic E-state index is 0.0501. The standard InChI is InChI=1S/C27H32N2O8/c28-27(37)21(9-12-25(33)34)15-23(31)22(10-13-26(35)36)29-24(32)11-6-17-4-7-19(8-5-17)20-3-1-2-18(14-20)16-30/h1-5,7-8,14,21-22,30H,6,9-13,15-16H2,(H2,28,37)(H,29,32)(H,33,34)(H,35,36)/t21-,22+/m1/s1. The number of aliphatic carboxylic acids is 2. The number of primary amides is 1. The van der Waals surface area contributed by atoms with Gasteiger partial charge in [0, 0.05) is 31.6 Å². The van der Waals surface area contributed by atoms with Gasteiger partial charge in [0.05, 0.1) is 12.6 Å². The van der Waals surface area contributed by atoms with Crippen LogP contribution < -0.4 is 11.1 Å². The van der Waals surface area contributed by atoms with Crippen LogP contribution in [0.3, 0.4) is 0 Å². The van der Waals surface area contributed by atoms with Crippen molar-refractivity contribution >= 4 is 29.5 Å². The zero-order chi connectivity index (χ0) is 27.4. The van der Waals surface area contributed by atoms with E-state index in [1.807, 2.05) is 48.5 Å². The maximum Gasteiger partial charge on any atom is 0.303 e. The summed E-state index contributed by atoms with van der Waals surface area (Å²) in [5, 5.41) is 29.7. The van der Waals surface area contributed by atoms with Gasteiger partial charge in [-0.1, -0.05) is 42.5 Å². The Morgan fingerprint density at radius 1 is 0.811 bits per heavy atom. The third-order valence-electron chi connectivity index (χ3n) is 5.96. The van der Waals surface area contributed by atoms with E-state index < -0.39 is 41.5 Å². The Labute approximate surface area is 214 Å². The number of aliphatic hydroxyl groups excluding tert-OH is 1. The summed E-state index contributed by atoms with van der Waals surface area (Å²) in [6.45, 7) is -0.0531. The SMILES string of the molecule is NC(=O)[C@H](CCC(=O)O)CC(=O)[C@H](CCC(=O)O)NC(=O)CCc1ccc(-c2cccc(CO)c2)cc1. The molecule has 0 bridgehead atoms. The van der Waals surface area contributed by atoms with E-state index in [1.54, 1.807) is 0 Å². The molecule has 10 heteroatoms. The van der Waals surface area contributed by atoms with Crippen molar-refractivity contribution in [1.29, 1.82) is 0 Å². The third kappa shape index (κ3) is 10.2. The van der Waals surface area contributed by atoms with E-state index in [0.29, 0.717) is 6.42 Å². The fourth-order valence-corrected chi connectivity index (χ4v) is 3.85. The summed E-state index contributed by atoms with van der Waals surface area (Å²) in [7, 11) is 0. The first-order valence-corrected chi connectivity index (χ1v) is 11.9. The van der Waals surface area contributed by atoms with Gasteiger partial charge in [-0.05, 0) is 47.6 Å². The minimum Gasteiger partial charge on any atom is -0.481 e. The van der Waals surface area contributed by atoms with Gasteiger partial charge in [-0.15, -0.1) is 0 Å². The van der Waals surface area contributed by atoms with Gasteiger partial charge >= 0.3 is 11.9 Å². The molecular weight excluding hydrogens is 480 g/mol. The predicted octanol–water partition coefficient (Wildman–Crippen LogP) is 2.05. The Morgan fingerprint density at radius 3 is 2.05 bits per heavy atom. The third-order valence-corrected chi connectivity index (χ3v) is 5.96. The van der Waals surface area contributed by atoms with Crippen LogP contribution in [0.15, 0.2) is 48.5 Å². The quantitative estimate of drug-likeness (QED) is 0.226. The molecule has 2 aromatic rings. The fraction of sp³-hybridized carbons (Fsp3) is 0.370. The summed E-state index contributed by atoms with van der Waals surface area (Å²) in [6.07, 6.45) is -0.960. The topological polar surface area (TPSA) is 184 Å². The second-order valence-corrected chi connectivity index (χ2v) is 8.81. The molecule has 0 aliphatic heterocycles. The zero-order valence-corrected chi connectivity index (χ0v) is 20.4. The summed E-state index contributed by atoms with van der Waals surface area (Å²) in [4.78, 5) is 58.8. The Bertz CT molecular complexity index is 1110. The van der Waals surface area contributed by atoms with Gasteiger partial charge in [-0.2, -0.15) is 0 Å². The highest BCUT2D eigenvalue weighted by molar-refractivity contribution is 5.92. The molecule has 2 aromatic carbocycles. The Hall–Kier alpha value is -4.05. The number of amides is 2. The lowest BCUT2D eigenvalue weighted by Crippen LogP contribution is -2.43. The highest BCUT2D eigenvalue weighted by atomic mass is 16.4. The van der Waals surface area contributed by atoms with Crippen LogP contribution in [0, 0.1) is 5.92 Å². The molecule has 2 rings (SSSR count). The monoisotopic (exact) mass is 512 g/mol. The lowest BCUT2D eigenvalue weighted by Gasteiger charge is -2.19. The van der Waals surface area contributed by atoms with Crippen LogP contribution in [0.4, 0.5) is 0 Å². The van der Waals surface area contributed by atoms with Crippen molar-refractivity contribution in [2.24, 2.45) is 11.7 Å². The maximum atomic E-state index is 12.8. The number of aryl methyl sites for hydroxylation is 1. The average molecular weight is 513 g/mol. The smallest absolute Gasteiger partial charge is 0.303 e. The Morgan fingerprint density at radius 2 is 1.46 bits per heavy atom. The van der Waals surface area contributed by atoms with E-state index >= 15 is 0 Å². The Kier molecular flexibility index (Phi) is 11.4. The van der Waals surface area contributed by atoms with Crippen LogP contribution in [-0.2, 0) is 37.0 Å². The summed E-state index contributed by atoms with van der Waals surface area (Å²) in [6, 6.07) is 13.9. The minimum atomic E-state index is -1.14. The lowest BCUT2D eigenvalue weighted by atomic mass is 9.92. The molecule has 10 nitrogen and oxygen atoms in total. The molecule has 0 spiro atoms. The van der Waals surface area contributed by atoms with Gasteiger partial charge < -0.3 is 26.4 Å². The van der Waals surface area contributed by atoms with E-state index in [1.165, 1.54) is 0 Å². The van der Waals surface area contributed by atoms with Crippen molar-refractivity contribution in [3.05, 3.63) is 59.7 Å². The molecule has 0 saturated heterocycles. The van der Waals surface area contributed by atoms with Gasteiger partial charge in [0.2, 0.25) is 11.8 Å². The number of benzene rings is 2. The van der Waals surface area contributed by atoms with Crippen molar-refractivity contribution in [3.63, 3.8) is 0 Å². The molecule has 0 aliphatic rings. The summed E-state index contributed by atoms with van der Waals surface area (Å²) in [5.74, 6) is -5.16. The van der Waals surface area contributed by atoms with Crippen LogP contribution in [0.1, 0.15) is 49.7 Å². The van der Waals surface area contributed by atoms with Crippen molar-refractivity contribution in [1.82, 2.24) is 5.32 Å². The predicted molar refractivity (Wildman–Crippen MR) is 134 cm³/mol. The van der Waals surface area contributed by atoms with Crippen molar-refractivity contribution in [2.45, 2.75) is 57.6 Å². The number of carboxylic acid groups (broad SMARTS) is 2.